The Morgan fingerprint density at radius 3 is 1.66 bits per heavy atom. The highest BCUT2D eigenvalue weighted by atomic mass is 16.4. The monoisotopic (exact) mass is 456 g/mol. The Morgan fingerprint density at radius 1 is 0.750 bits per heavy atom. The highest BCUT2D eigenvalue weighted by molar-refractivity contribution is 5.94. The van der Waals surface area contributed by atoms with E-state index in [-0.39, 0.29) is 23.7 Å². The van der Waals surface area contributed by atoms with E-state index in [0.717, 1.165) is 0 Å². The highest BCUT2D eigenvalue weighted by Crippen LogP contribution is 2.13. The Morgan fingerprint density at radius 2 is 1.25 bits per heavy atom. The van der Waals surface area contributed by atoms with Crippen LogP contribution >= 0.6 is 0 Å². The predicted octanol–water partition coefficient (Wildman–Crippen LogP) is 1.65. The first-order valence-corrected chi connectivity index (χ1v) is 11.6. The van der Waals surface area contributed by atoms with Gasteiger partial charge in [0.15, 0.2) is 0 Å². The Labute approximate surface area is 192 Å². The number of amides is 3. The molecule has 9 nitrogen and oxygen atoms in total. The average molecular weight is 457 g/mol. The lowest BCUT2D eigenvalue weighted by atomic mass is 9.95. The molecule has 32 heavy (non-hydrogen) atoms. The molecule has 3 amide bonds. The fraction of sp³-hybridized carbons (Fsp3) is 0.826. The Balaban J connectivity index is 5.55. The number of hydrogen-bond acceptors (Lipinski definition) is 5. The molecule has 5 atom stereocenters. The number of aliphatic carboxylic acids is 1. The molecule has 0 heterocycles. The van der Waals surface area contributed by atoms with Gasteiger partial charge in [0.25, 0.3) is 0 Å². The van der Waals surface area contributed by atoms with Crippen LogP contribution < -0.4 is 21.7 Å². The first-order valence-electron chi connectivity index (χ1n) is 11.6. The standard InChI is InChI=1S/C23H44N4O5/c1-9-15(8)19(22(30)26-18(14(6)7)23(31)32)27-21(29)17(11-13(4)5)25-20(28)16(24)10-12(2)3/h12-19H,9-11,24H2,1-8H3,(H,25,28)(H,26,30)(H,27,29)(H,31,32). The number of carboxylic acids is 1. The summed E-state index contributed by atoms with van der Waals surface area (Å²) in [6, 6.07) is -3.57. The van der Waals surface area contributed by atoms with Crippen molar-refractivity contribution in [3.63, 3.8) is 0 Å². The maximum Gasteiger partial charge on any atom is 0.326 e. The van der Waals surface area contributed by atoms with Crippen molar-refractivity contribution < 1.29 is 24.3 Å². The van der Waals surface area contributed by atoms with Gasteiger partial charge in [-0.25, -0.2) is 4.79 Å². The molecule has 0 aromatic rings. The molecule has 5 unspecified atom stereocenters. The third-order valence-electron chi connectivity index (χ3n) is 5.43. The minimum absolute atomic E-state index is 0.112. The van der Waals surface area contributed by atoms with Gasteiger partial charge in [0.05, 0.1) is 6.04 Å². The highest BCUT2D eigenvalue weighted by Gasteiger charge is 2.33. The zero-order valence-corrected chi connectivity index (χ0v) is 20.9. The number of hydrogen-bond donors (Lipinski definition) is 5. The van der Waals surface area contributed by atoms with E-state index in [4.69, 9.17) is 5.73 Å². The number of rotatable bonds is 14. The molecule has 6 N–H and O–H groups in total. The maximum atomic E-state index is 13.1. The lowest BCUT2D eigenvalue weighted by molar-refractivity contribution is -0.144. The van der Waals surface area contributed by atoms with Crippen LogP contribution in [0.5, 0.6) is 0 Å². The van der Waals surface area contributed by atoms with Crippen molar-refractivity contribution in [3.8, 4) is 0 Å². The van der Waals surface area contributed by atoms with Gasteiger partial charge in [0.2, 0.25) is 17.7 Å². The number of carbonyl (C=O) groups excluding carboxylic acids is 3. The molecule has 0 bridgehead atoms. The van der Waals surface area contributed by atoms with Crippen molar-refractivity contribution >= 4 is 23.7 Å². The molecule has 0 fully saturated rings. The van der Waals surface area contributed by atoms with Gasteiger partial charge >= 0.3 is 5.97 Å². The van der Waals surface area contributed by atoms with Gasteiger partial charge in [-0.1, -0.05) is 61.8 Å². The van der Waals surface area contributed by atoms with E-state index < -0.39 is 47.9 Å². The van der Waals surface area contributed by atoms with Crippen LogP contribution in [0.4, 0.5) is 0 Å². The molecule has 9 heteroatoms. The third-order valence-corrected chi connectivity index (χ3v) is 5.43. The molecule has 186 valence electrons. The van der Waals surface area contributed by atoms with Crippen LogP contribution in [0, 0.1) is 23.7 Å². The van der Waals surface area contributed by atoms with Crippen molar-refractivity contribution in [2.75, 3.05) is 0 Å². The second-order valence-electron chi connectivity index (χ2n) is 9.87. The van der Waals surface area contributed by atoms with Gasteiger partial charge in [-0.3, -0.25) is 14.4 Å². The predicted molar refractivity (Wildman–Crippen MR) is 125 cm³/mol. The number of carboxylic acid groups (broad SMARTS) is 1. The van der Waals surface area contributed by atoms with E-state index in [9.17, 15) is 24.3 Å². The summed E-state index contributed by atoms with van der Waals surface area (Å²) in [4.78, 5) is 50.0. The zero-order chi connectivity index (χ0) is 25.2. The maximum absolute atomic E-state index is 13.1. The van der Waals surface area contributed by atoms with Crippen molar-refractivity contribution in [2.24, 2.45) is 29.4 Å². The van der Waals surface area contributed by atoms with Crippen LogP contribution in [0.15, 0.2) is 0 Å². The summed E-state index contributed by atoms with van der Waals surface area (Å²) < 4.78 is 0. The summed E-state index contributed by atoms with van der Waals surface area (Å²) in [5, 5.41) is 17.4. The molecule has 0 aromatic carbocycles. The van der Waals surface area contributed by atoms with Gasteiger partial charge in [0, 0.05) is 0 Å². The Hall–Kier alpha value is -2.16. The number of nitrogens with two attached hydrogens (primary N) is 1. The smallest absolute Gasteiger partial charge is 0.326 e. The van der Waals surface area contributed by atoms with Crippen LogP contribution in [-0.4, -0.2) is 53.0 Å². The topological polar surface area (TPSA) is 151 Å². The first kappa shape index (κ1) is 29.8. The van der Waals surface area contributed by atoms with Crippen LogP contribution in [0.1, 0.15) is 74.7 Å². The zero-order valence-electron chi connectivity index (χ0n) is 20.9. The minimum atomic E-state index is -1.13. The normalized spacial score (nSPS) is 16.2. The van der Waals surface area contributed by atoms with Crippen LogP contribution in [-0.2, 0) is 19.2 Å². The number of carbonyl (C=O) groups is 4. The summed E-state index contributed by atoms with van der Waals surface area (Å²) >= 11 is 0. The van der Waals surface area contributed by atoms with Gasteiger partial charge in [0.1, 0.15) is 18.1 Å². The molecule has 0 aromatic heterocycles. The summed E-state index contributed by atoms with van der Waals surface area (Å²) in [7, 11) is 0. The molecule has 0 saturated heterocycles. The summed E-state index contributed by atoms with van der Waals surface area (Å²) in [6.45, 7) is 14.9. The summed E-state index contributed by atoms with van der Waals surface area (Å²) in [5.41, 5.74) is 5.96. The largest absolute Gasteiger partial charge is 0.480 e. The van der Waals surface area contributed by atoms with Gasteiger partial charge in [-0.15, -0.1) is 0 Å². The molecule has 0 rings (SSSR count). The van der Waals surface area contributed by atoms with Crippen molar-refractivity contribution in [1.29, 1.82) is 0 Å². The lowest BCUT2D eigenvalue weighted by Gasteiger charge is -2.29. The quantitative estimate of drug-likeness (QED) is 0.268. The van der Waals surface area contributed by atoms with E-state index in [1.807, 2.05) is 41.5 Å². The minimum Gasteiger partial charge on any atom is -0.480 e. The first-order chi connectivity index (χ1) is 14.7. The van der Waals surface area contributed by atoms with Crippen LogP contribution in [0.3, 0.4) is 0 Å². The lowest BCUT2D eigenvalue weighted by Crippen LogP contribution is -2.59. The van der Waals surface area contributed by atoms with Crippen LogP contribution in [0.2, 0.25) is 0 Å². The third kappa shape index (κ3) is 10.4. The average Bonchev–Trinajstić information content (AvgIpc) is 2.67. The van der Waals surface area contributed by atoms with Gasteiger partial charge < -0.3 is 26.8 Å². The molecule has 0 saturated carbocycles. The molecular formula is C23H44N4O5. The molecule has 0 spiro atoms. The Kier molecular flexibility index (Phi) is 13.1. The molecular weight excluding hydrogens is 412 g/mol. The second kappa shape index (κ2) is 14.1. The van der Waals surface area contributed by atoms with Crippen molar-refractivity contribution in [1.82, 2.24) is 16.0 Å². The van der Waals surface area contributed by atoms with E-state index in [2.05, 4.69) is 16.0 Å². The molecule has 0 aliphatic rings. The molecule has 0 radical (unpaired) electrons. The number of nitrogens with one attached hydrogen (secondary N) is 3. The van der Waals surface area contributed by atoms with E-state index >= 15 is 0 Å². The van der Waals surface area contributed by atoms with E-state index in [0.29, 0.717) is 19.3 Å². The second-order valence-corrected chi connectivity index (χ2v) is 9.87. The fourth-order valence-corrected chi connectivity index (χ4v) is 3.31. The van der Waals surface area contributed by atoms with Gasteiger partial charge in [-0.2, -0.15) is 0 Å². The Bertz CT molecular complexity index is 636. The SMILES string of the molecule is CCC(C)C(NC(=O)C(CC(C)C)NC(=O)C(N)CC(C)C)C(=O)NC(C(=O)O)C(C)C. The fourth-order valence-electron chi connectivity index (χ4n) is 3.31. The van der Waals surface area contributed by atoms with Gasteiger partial charge in [-0.05, 0) is 36.5 Å². The summed E-state index contributed by atoms with van der Waals surface area (Å²) in [6.07, 6.45) is 1.47. The van der Waals surface area contributed by atoms with Crippen LogP contribution in [0.25, 0.3) is 0 Å². The summed E-state index contributed by atoms with van der Waals surface area (Å²) in [5.74, 6) is -2.79. The van der Waals surface area contributed by atoms with Crippen molar-refractivity contribution in [2.45, 2.75) is 98.8 Å². The van der Waals surface area contributed by atoms with E-state index in [1.165, 1.54) is 0 Å². The van der Waals surface area contributed by atoms with Crippen molar-refractivity contribution in [3.05, 3.63) is 0 Å². The van der Waals surface area contributed by atoms with E-state index in [1.54, 1.807) is 13.8 Å². The molecule has 0 aliphatic heterocycles. The molecule has 0 aliphatic carbocycles.